The first-order valence-electron chi connectivity index (χ1n) is 14.5. The molecule has 2 aromatic heterocycles. The third kappa shape index (κ3) is 4.10. The van der Waals surface area contributed by atoms with E-state index in [2.05, 4.69) is 68.0 Å². The number of pyridine rings is 2. The minimum absolute atomic E-state index is 0.194. The zero-order valence-corrected chi connectivity index (χ0v) is 22.3. The Morgan fingerprint density at radius 3 is 2.82 bits per heavy atom. The van der Waals surface area contributed by atoms with E-state index in [9.17, 15) is 5.26 Å². The maximum absolute atomic E-state index is 9.60. The van der Waals surface area contributed by atoms with Gasteiger partial charge in [-0.2, -0.15) is 5.26 Å². The van der Waals surface area contributed by atoms with Crippen molar-refractivity contribution in [3.63, 3.8) is 0 Å². The van der Waals surface area contributed by atoms with Crippen molar-refractivity contribution in [3.8, 4) is 6.07 Å². The highest BCUT2D eigenvalue weighted by Gasteiger charge is 2.39. The van der Waals surface area contributed by atoms with Gasteiger partial charge < -0.3 is 15.1 Å². The van der Waals surface area contributed by atoms with Crippen LogP contribution in [0.15, 0.2) is 42.6 Å². The summed E-state index contributed by atoms with van der Waals surface area (Å²) in [7, 11) is 0. The van der Waals surface area contributed by atoms with Crippen LogP contribution in [0, 0.1) is 18.3 Å². The second-order valence-corrected chi connectivity index (χ2v) is 11.5. The summed E-state index contributed by atoms with van der Waals surface area (Å²) < 4.78 is 7.96. The van der Waals surface area contributed by atoms with Gasteiger partial charge in [0.15, 0.2) is 0 Å². The second kappa shape index (κ2) is 9.49. The third-order valence-corrected chi connectivity index (χ3v) is 9.18. The number of rotatable bonds is 4. The van der Waals surface area contributed by atoms with Gasteiger partial charge in [0, 0.05) is 99.5 Å². The molecule has 8 heteroatoms. The quantitative estimate of drug-likeness (QED) is 0.576. The first-order valence-corrected chi connectivity index (χ1v) is 14.0. The molecule has 0 amide bonds. The summed E-state index contributed by atoms with van der Waals surface area (Å²) in [4.78, 5) is 19.7. The van der Waals surface area contributed by atoms with Crippen LogP contribution in [-0.4, -0.2) is 89.7 Å². The molecule has 0 saturated carbocycles. The number of hydrogen-bond donors (Lipinski definition) is 1. The lowest BCUT2D eigenvalue weighted by Crippen LogP contribution is -2.65. The fraction of sp³-hybridized carbons (Fsp3) is 0.500. The molecule has 4 aliphatic heterocycles. The van der Waals surface area contributed by atoms with Gasteiger partial charge in [0.1, 0.15) is 11.9 Å². The maximum Gasteiger partial charge on any atom is 0.129 e. The van der Waals surface area contributed by atoms with E-state index in [0.717, 1.165) is 74.9 Å². The molecule has 8 nitrogen and oxygen atoms in total. The fourth-order valence-electron chi connectivity index (χ4n) is 7.23. The first-order chi connectivity index (χ1) is 19.0. The van der Waals surface area contributed by atoms with Gasteiger partial charge >= 0.3 is 0 Å². The standard InChI is InChI=1S/C30H36N8/c1-20-15-36(28-7-5-22(13-31)30-27(28)4-3-9-32-30)19-26-18-35(10-11-37(20)26)16-23-6-8-29(34-21(23)2)38-17-24-12-25(38)14-33-24/h3-9,20,24-26,33H,10-12,14-19H2,1-2H3/t20-,24+,25?,26+/m1/s1/i9D. The number of aryl methyl sites for hydroxylation is 1. The van der Waals surface area contributed by atoms with Crippen LogP contribution in [0.3, 0.4) is 0 Å². The lowest BCUT2D eigenvalue weighted by atomic mass is 10.0. The summed E-state index contributed by atoms with van der Waals surface area (Å²) in [5, 5.41) is 14.1. The van der Waals surface area contributed by atoms with Crippen molar-refractivity contribution in [1.29, 1.82) is 5.26 Å². The van der Waals surface area contributed by atoms with Gasteiger partial charge in [-0.05, 0) is 56.2 Å². The van der Waals surface area contributed by atoms with Crippen LogP contribution in [0.5, 0.6) is 0 Å². The average molecular weight is 510 g/mol. The largest absolute Gasteiger partial charge is 0.368 e. The SMILES string of the molecule is [2H]c1ccc2c(N3C[C@@H]4CN(Cc5ccc(N6C[C@@H]7CC6CN7)nc5C)CCN4[C@H](C)C3)ccc(C#N)c2n1. The van der Waals surface area contributed by atoms with Crippen LogP contribution in [0.4, 0.5) is 11.5 Å². The number of nitrogens with one attached hydrogen (secondary N) is 1. The Hall–Kier alpha value is -3.25. The van der Waals surface area contributed by atoms with Crippen molar-refractivity contribution in [1.82, 2.24) is 25.1 Å². The molecular weight excluding hydrogens is 472 g/mol. The molecule has 196 valence electrons. The van der Waals surface area contributed by atoms with E-state index in [1.54, 1.807) is 6.07 Å². The molecule has 0 aliphatic carbocycles. The predicted molar refractivity (Wildman–Crippen MR) is 150 cm³/mol. The van der Waals surface area contributed by atoms with Gasteiger partial charge in [-0.25, -0.2) is 4.98 Å². The van der Waals surface area contributed by atoms with Gasteiger partial charge in [-0.3, -0.25) is 14.8 Å². The van der Waals surface area contributed by atoms with Crippen molar-refractivity contribution in [3.05, 3.63) is 59.4 Å². The molecule has 4 aliphatic rings. The number of nitriles is 1. The summed E-state index contributed by atoms with van der Waals surface area (Å²) in [6.07, 6.45) is 1.43. The molecule has 1 unspecified atom stereocenters. The van der Waals surface area contributed by atoms with Crippen LogP contribution in [0.25, 0.3) is 10.9 Å². The zero-order chi connectivity index (χ0) is 26.7. The predicted octanol–water partition coefficient (Wildman–Crippen LogP) is 2.76. The Kier molecular flexibility index (Phi) is 5.67. The Morgan fingerprint density at radius 1 is 1.11 bits per heavy atom. The number of nitrogens with zero attached hydrogens (tertiary/aromatic N) is 7. The minimum atomic E-state index is 0.194. The van der Waals surface area contributed by atoms with Crippen LogP contribution < -0.4 is 15.1 Å². The summed E-state index contributed by atoms with van der Waals surface area (Å²) >= 11 is 0. The molecule has 3 aromatic rings. The molecule has 4 saturated heterocycles. The van der Waals surface area contributed by atoms with Gasteiger partial charge in [0.25, 0.3) is 0 Å². The maximum atomic E-state index is 9.60. The molecule has 1 N–H and O–H groups in total. The molecule has 0 spiro atoms. The van der Waals surface area contributed by atoms with Crippen LogP contribution >= 0.6 is 0 Å². The first kappa shape index (κ1) is 22.7. The summed E-state index contributed by atoms with van der Waals surface area (Å²) in [6, 6.07) is 16.5. The van der Waals surface area contributed by atoms with Crippen molar-refractivity contribution in [2.45, 2.75) is 51.0 Å². The highest BCUT2D eigenvalue weighted by molar-refractivity contribution is 5.95. The molecule has 7 rings (SSSR count). The second-order valence-electron chi connectivity index (χ2n) is 11.5. The molecule has 1 aromatic carbocycles. The Balaban J connectivity index is 1.08. The van der Waals surface area contributed by atoms with Crippen molar-refractivity contribution >= 4 is 22.4 Å². The van der Waals surface area contributed by atoms with Crippen molar-refractivity contribution in [2.24, 2.45) is 0 Å². The van der Waals surface area contributed by atoms with E-state index in [-0.39, 0.29) is 6.17 Å². The minimum Gasteiger partial charge on any atom is -0.368 e. The number of piperazine rings is 3. The lowest BCUT2D eigenvalue weighted by Gasteiger charge is -2.51. The molecular formula is C30H36N8. The number of benzene rings is 1. The lowest BCUT2D eigenvalue weighted by molar-refractivity contribution is 0.0316. The van der Waals surface area contributed by atoms with Crippen molar-refractivity contribution in [2.75, 3.05) is 55.6 Å². The molecule has 4 fully saturated rings. The summed E-state index contributed by atoms with van der Waals surface area (Å²) in [5.41, 5.74) is 4.75. The summed E-state index contributed by atoms with van der Waals surface area (Å²) in [5.74, 6) is 1.13. The van der Waals surface area contributed by atoms with E-state index in [1.807, 2.05) is 12.1 Å². The number of anilines is 2. The number of aromatic nitrogens is 2. The van der Waals surface area contributed by atoms with E-state index >= 15 is 0 Å². The zero-order valence-electron chi connectivity index (χ0n) is 23.3. The molecule has 0 radical (unpaired) electrons. The van der Waals surface area contributed by atoms with Crippen LogP contribution in [-0.2, 0) is 6.54 Å². The fourth-order valence-corrected chi connectivity index (χ4v) is 7.23. The topological polar surface area (TPSA) is 74.6 Å². The molecule has 38 heavy (non-hydrogen) atoms. The van der Waals surface area contributed by atoms with E-state index in [4.69, 9.17) is 6.35 Å². The van der Waals surface area contributed by atoms with Gasteiger partial charge in [-0.15, -0.1) is 0 Å². The molecule has 6 heterocycles. The smallest absolute Gasteiger partial charge is 0.129 e. The van der Waals surface area contributed by atoms with E-state index in [0.29, 0.717) is 35.2 Å². The molecule has 2 bridgehead atoms. The van der Waals surface area contributed by atoms with E-state index < -0.39 is 0 Å². The normalized spacial score (nSPS) is 28.0. The van der Waals surface area contributed by atoms with Gasteiger partial charge in [-0.1, -0.05) is 6.07 Å². The van der Waals surface area contributed by atoms with Gasteiger partial charge in [0.05, 0.1) is 12.5 Å². The third-order valence-electron chi connectivity index (χ3n) is 9.18. The Morgan fingerprint density at radius 2 is 2.03 bits per heavy atom. The summed E-state index contributed by atoms with van der Waals surface area (Å²) in [6.45, 7) is 12.6. The van der Waals surface area contributed by atoms with Crippen LogP contribution in [0.1, 0.15) is 31.5 Å². The molecule has 4 atom stereocenters. The average Bonchev–Trinajstić information content (AvgIpc) is 3.57. The van der Waals surface area contributed by atoms with E-state index in [1.165, 1.54) is 12.0 Å². The number of fused-ring (bicyclic) bond motifs is 4. The number of hydrogen-bond acceptors (Lipinski definition) is 8. The monoisotopic (exact) mass is 509 g/mol. The Bertz CT molecular complexity index is 1450. The highest BCUT2D eigenvalue weighted by Crippen LogP contribution is 2.33. The van der Waals surface area contributed by atoms with Gasteiger partial charge in [0.2, 0.25) is 0 Å². The highest BCUT2D eigenvalue weighted by atomic mass is 15.4. The van der Waals surface area contributed by atoms with Crippen molar-refractivity contribution < 1.29 is 1.37 Å². The van der Waals surface area contributed by atoms with Crippen LogP contribution in [0.2, 0.25) is 0 Å². The Labute approximate surface area is 226 Å².